The van der Waals surface area contributed by atoms with E-state index in [0.29, 0.717) is 11.4 Å². The van der Waals surface area contributed by atoms with Crippen molar-refractivity contribution in [3.05, 3.63) is 52.5 Å². The number of hydrogen-bond donors (Lipinski definition) is 1. The van der Waals surface area contributed by atoms with Crippen molar-refractivity contribution in [2.45, 2.75) is 4.90 Å². The molecular formula is C13H12Cl2N2O2S. The Kier molecular flexibility index (Phi) is 4.13. The van der Waals surface area contributed by atoms with Gasteiger partial charge >= 0.3 is 0 Å². The van der Waals surface area contributed by atoms with Crippen molar-refractivity contribution >= 4 is 44.6 Å². The standard InChI is InChI=1S/C13H12Cl2N2O2S/c1-17(10-5-3-2-4-6-10)20(18,19)13-11(14)7-9(16)8-12(13)15/h2-8H,16H2,1H3. The number of nitrogens with zero attached hydrogens (tertiary/aromatic N) is 1. The van der Waals surface area contributed by atoms with E-state index in [-0.39, 0.29) is 14.9 Å². The summed E-state index contributed by atoms with van der Waals surface area (Å²) in [5.41, 5.74) is 6.40. The summed E-state index contributed by atoms with van der Waals surface area (Å²) in [5, 5.41) is -0.00411. The average Bonchev–Trinajstić information content (AvgIpc) is 2.37. The molecule has 0 saturated heterocycles. The summed E-state index contributed by atoms with van der Waals surface area (Å²) in [6.45, 7) is 0. The number of rotatable bonds is 3. The van der Waals surface area contributed by atoms with Gasteiger partial charge in [0.25, 0.3) is 10.0 Å². The van der Waals surface area contributed by atoms with E-state index >= 15 is 0 Å². The molecule has 0 heterocycles. The van der Waals surface area contributed by atoms with Crippen LogP contribution in [0.25, 0.3) is 0 Å². The third kappa shape index (κ3) is 2.70. The number of nitrogen functional groups attached to an aromatic ring is 1. The summed E-state index contributed by atoms with van der Waals surface area (Å²) in [6, 6.07) is 11.4. The summed E-state index contributed by atoms with van der Waals surface area (Å²) < 4.78 is 26.3. The van der Waals surface area contributed by atoms with Crippen LogP contribution in [0.1, 0.15) is 0 Å². The molecule has 0 aliphatic carbocycles. The van der Waals surface area contributed by atoms with Crippen molar-refractivity contribution in [3.8, 4) is 0 Å². The zero-order chi connectivity index (χ0) is 14.9. The summed E-state index contributed by atoms with van der Waals surface area (Å²) >= 11 is 12.0. The monoisotopic (exact) mass is 330 g/mol. The molecule has 2 N–H and O–H groups in total. The summed E-state index contributed by atoms with van der Waals surface area (Å²) in [7, 11) is -2.42. The highest BCUT2D eigenvalue weighted by atomic mass is 35.5. The van der Waals surface area contributed by atoms with Gasteiger partial charge in [0.1, 0.15) is 4.90 Å². The first kappa shape index (κ1) is 15.0. The summed E-state index contributed by atoms with van der Waals surface area (Å²) in [6.07, 6.45) is 0. The van der Waals surface area contributed by atoms with E-state index < -0.39 is 10.0 Å². The molecule has 0 saturated carbocycles. The predicted octanol–water partition coefficient (Wildman–Crippen LogP) is 3.40. The molecule has 0 fully saturated rings. The molecule has 4 nitrogen and oxygen atoms in total. The molecule has 0 radical (unpaired) electrons. The van der Waals surface area contributed by atoms with Crippen LogP contribution in [0.3, 0.4) is 0 Å². The lowest BCUT2D eigenvalue weighted by molar-refractivity contribution is 0.594. The number of anilines is 2. The van der Waals surface area contributed by atoms with Crippen LogP contribution in [0.5, 0.6) is 0 Å². The van der Waals surface area contributed by atoms with Gasteiger partial charge in [-0.1, -0.05) is 41.4 Å². The zero-order valence-electron chi connectivity index (χ0n) is 10.5. The van der Waals surface area contributed by atoms with Gasteiger partial charge in [0.15, 0.2) is 0 Å². The highest BCUT2D eigenvalue weighted by molar-refractivity contribution is 7.93. The third-order valence-corrected chi connectivity index (χ3v) is 5.47. The van der Waals surface area contributed by atoms with Gasteiger partial charge in [-0.25, -0.2) is 8.42 Å². The van der Waals surface area contributed by atoms with E-state index in [9.17, 15) is 8.42 Å². The molecule has 0 bridgehead atoms. The molecule has 20 heavy (non-hydrogen) atoms. The number of para-hydroxylation sites is 1. The minimum Gasteiger partial charge on any atom is -0.399 e. The number of nitrogens with two attached hydrogens (primary N) is 1. The van der Waals surface area contributed by atoms with E-state index in [1.165, 1.54) is 19.2 Å². The Hall–Kier alpha value is -1.43. The SMILES string of the molecule is CN(c1ccccc1)S(=O)(=O)c1c(Cl)cc(N)cc1Cl. The minimum atomic E-state index is -3.86. The van der Waals surface area contributed by atoms with Crippen molar-refractivity contribution in [3.63, 3.8) is 0 Å². The largest absolute Gasteiger partial charge is 0.399 e. The van der Waals surface area contributed by atoms with Crippen LogP contribution in [0.2, 0.25) is 10.0 Å². The second-order valence-electron chi connectivity index (χ2n) is 4.12. The third-order valence-electron chi connectivity index (χ3n) is 2.76. The Balaban J connectivity index is 2.57. The van der Waals surface area contributed by atoms with Gasteiger partial charge in [-0.15, -0.1) is 0 Å². The number of halogens is 2. The molecule has 2 aromatic rings. The van der Waals surface area contributed by atoms with Gasteiger partial charge in [0.05, 0.1) is 15.7 Å². The molecule has 0 aromatic heterocycles. The van der Waals surface area contributed by atoms with Crippen LogP contribution in [-0.4, -0.2) is 15.5 Å². The van der Waals surface area contributed by atoms with Gasteiger partial charge in [-0.3, -0.25) is 4.31 Å². The van der Waals surface area contributed by atoms with E-state index in [1.54, 1.807) is 30.3 Å². The smallest absolute Gasteiger partial charge is 0.267 e. The molecule has 2 aromatic carbocycles. The molecule has 7 heteroatoms. The quantitative estimate of drug-likeness (QED) is 0.877. The molecule has 0 aliphatic rings. The molecule has 0 aliphatic heterocycles. The Morgan fingerprint density at radius 2 is 1.55 bits per heavy atom. The van der Waals surface area contributed by atoms with Gasteiger partial charge in [-0.2, -0.15) is 0 Å². The molecule has 0 spiro atoms. The molecule has 0 atom stereocenters. The Morgan fingerprint density at radius 1 is 1.05 bits per heavy atom. The fourth-order valence-electron chi connectivity index (χ4n) is 1.74. The minimum absolute atomic E-state index is 0.00205. The fourth-order valence-corrected chi connectivity index (χ4v) is 4.11. The lowest BCUT2D eigenvalue weighted by Gasteiger charge is -2.21. The number of sulfonamides is 1. The van der Waals surface area contributed by atoms with Crippen molar-refractivity contribution in [2.75, 3.05) is 17.1 Å². The topological polar surface area (TPSA) is 63.4 Å². The Bertz CT molecular complexity index is 710. The van der Waals surface area contributed by atoms with Gasteiger partial charge in [-0.05, 0) is 24.3 Å². The van der Waals surface area contributed by atoms with Crippen LogP contribution in [0.15, 0.2) is 47.4 Å². The molecule has 106 valence electrons. The van der Waals surface area contributed by atoms with Crippen LogP contribution >= 0.6 is 23.2 Å². The lowest BCUT2D eigenvalue weighted by atomic mass is 10.3. The van der Waals surface area contributed by atoms with E-state index in [1.807, 2.05) is 0 Å². The van der Waals surface area contributed by atoms with E-state index in [4.69, 9.17) is 28.9 Å². The normalized spacial score (nSPS) is 11.3. The number of benzene rings is 2. The number of hydrogen-bond acceptors (Lipinski definition) is 3. The van der Waals surface area contributed by atoms with Crippen LogP contribution in [0, 0.1) is 0 Å². The first-order valence-electron chi connectivity index (χ1n) is 5.62. The summed E-state index contributed by atoms with van der Waals surface area (Å²) in [4.78, 5) is -0.151. The van der Waals surface area contributed by atoms with Crippen LogP contribution in [-0.2, 0) is 10.0 Å². The highest BCUT2D eigenvalue weighted by Gasteiger charge is 2.27. The molecule has 2 rings (SSSR count). The summed E-state index contributed by atoms with van der Waals surface area (Å²) in [5.74, 6) is 0. The van der Waals surface area contributed by atoms with Crippen LogP contribution < -0.4 is 10.0 Å². The fraction of sp³-hybridized carbons (Fsp3) is 0.0769. The maximum atomic E-state index is 12.6. The molecule has 0 unspecified atom stereocenters. The van der Waals surface area contributed by atoms with Gasteiger partial charge < -0.3 is 5.73 Å². The average molecular weight is 331 g/mol. The first-order chi connectivity index (χ1) is 9.34. The maximum absolute atomic E-state index is 12.6. The van der Waals surface area contributed by atoms with Crippen molar-refractivity contribution < 1.29 is 8.42 Å². The molecular weight excluding hydrogens is 319 g/mol. The van der Waals surface area contributed by atoms with Gasteiger partial charge in [0.2, 0.25) is 0 Å². The van der Waals surface area contributed by atoms with E-state index in [0.717, 1.165) is 4.31 Å². The van der Waals surface area contributed by atoms with Crippen molar-refractivity contribution in [1.29, 1.82) is 0 Å². The maximum Gasteiger partial charge on any atom is 0.267 e. The Morgan fingerprint density at radius 3 is 2.05 bits per heavy atom. The predicted molar refractivity (Wildman–Crippen MR) is 82.9 cm³/mol. The van der Waals surface area contributed by atoms with Crippen LogP contribution in [0.4, 0.5) is 11.4 Å². The van der Waals surface area contributed by atoms with Crippen molar-refractivity contribution in [2.24, 2.45) is 0 Å². The molecule has 0 amide bonds. The second kappa shape index (κ2) is 5.52. The van der Waals surface area contributed by atoms with Gasteiger partial charge in [0, 0.05) is 12.7 Å². The van der Waals surface area contributed by atoms with E-state index in [2.05, 4.69) is 0 Å². The zero-order valence-corrected chi connectivity index (χ0v) is 12.9. The second-order valence-corrected chi connectivity index (χ2v) is 6.84. The Labute approximate surface area is 127 Å². The van der Waals surface area contributed by atoms with Crippen molar-refractivity contribution in [1.82, 2.24) is 0 Å². The lowest BCUT2D eigenvalue weighted by Crippen LogP contribution is -2.27. The first-order valence-corrected chi connectivity index (χ1v) is 7.82. The highest BCUT2D eigenvalue weighted by Crippen LogP contribution is 2.34.